The van der Waals surface area contributed by atoms with Gasteiger partial charge in [-0.05, 0) is 54.3 Å². The third kappa shape index (κ3) is 3.82. The zero-order chi connectivity index (χ0) is 24.0. The molecule has 4 heterocycles. The van der Waals surface area contributed by atoms with E-state index in [-0.39, 0.29) is 23.5 Å². The van der Waals surface area contributed by atoms with Crippen molar-refractivity contribution in [2.75, 3.05) is 4.90 Å². The minimum absolute atomic E-state index is 0.0382. The number of nitrogens with one attached hydrogen (secondary N) is 1. The zero-order valence-electron chi connectivity index (χ0n) is 18.4. The van der Waals surface area contributed by atoms with Gasteiger partial charge >= 0.3 is 6.18 Å². The second kappa shape index (κ2) is 8.08. The first-order valence-corrected chi connectivity index (χ1v) is 10.6. The molecule has 0 atom stereocenters. The molecule has 5 rings (SSSR count). The smallest absolute Gasteiger partial charge is 0.321 e. The molecule has 8 nitrogen and oxygen atoms in total. The Morgan fingerprint density at radius 2 is 2.00 bits per heavy atom. The number of H-pyrrole nitrogens is 1. The maximum Gasteiger partial charge on any atom is 0.416 e. The van der Waals surface area contributed by atoms with E-state index in [1.807, 2.05) is 24.6 Å². The quantitative estimate of drug-likeness (QED) is 0.481. The number of carbonyl (C=O) groups excluding carboxylic acids is 1. The topological polar surface area (TPSA) is 92.6 Å². The van der Waals surface area contributed by atoms with E-state index in [1.165, 1.54) is 17.0 Å². The highest BCUT2D eigenvalue weighted by molar-refractivity contribution is 6.10. The molecule has 0 bridgehead atoms. The molecule has 1 aromatic carbocycles. The van der Waals surface area contributed by atoms with Crippen molar-refractivity contribution < 1.29 is 18.0 Å². The number of aromatic nitrogens is 6. The van der Waals surface area contributed by atoms with Crippen LogP contribution in [0.2, 0.25) is 0 Å². The third-order valence-electron chi connectivity index (χ3n) is 5.94. The number of aromatic amines is 1. The van der Waals surface area contributed by atoms with Crippen LogP contribution in [0.15, 0.2) is 42.9 Å². The average Bonchev–Trinajstić information content (AvgIpc) is 3.50. The van der Waals surface area contributed by atoms with E-state index >= 15 is 0 Å². The molecule has 1 amide bonds. The van der Waals surface area contributed by atoms with Gasteiger partial charge in [0.25, 0.3) is 5.91 Å². The minimum Gasteiger partial charge on any atom is -0.321 e. The number of benzene rings is 1. The van der Waals surface area contributed by atoms with Crippen molar-refractivity contribution in [2.24, 2.45) is 7.05 Å². The normalized spacial score (nSPS) is 13.6. The Hall–Kier alpha value is -4.02. The molecule has 11 heteroatoms. The fraction of sp³-hybridized carbons (Fsp3) is 0.261. The molecule has 0 saturated heterocycles. The number of hydrogen-bond donors (Lipinski definition) is 1. The Morgan fingerprint density at radius 1 is 1.18 bits per heavy atom. The van der Waals surface area contributed by atoms with Crippen LogP contribution in [-0.4, -0.2) is 35.9 Å². The number of carbonyl (C=O) groups is 1. The number of pyridine rings is 1. The van der Waals surface area contributed by atoms with Crippen LogP contribution in [0.1, 0.15) is 38.4 Å². The van der Waals surface area contributed by atoms with E-state index in [4.69, 9.17) is 0 Å². The summed E-state index contributed by atoms with van der Waals surface area (Å²) in [5, 5.41) is 15.0. The van der Waals surface area contributed by atoms with E-state index in [9.17, 15) is 18.0 Å². The summed E-state index contributed by atoms with van der Waals surface area (Å²) >= 11 is 0. The Balaban J connectivity index is 1.55. The highest BCUT2D eigenvalue weighted by Gasteiger charge is 2.40. The number of rotatable bonds is 5. The zero-order valence-corrected chi connectivity index (χ0v) is 18.4. The first-order valence-electron chi connectivity index (χ1n) is 10.6. The van der Waals surface area contributed by atoms with Crippen LogP contribution in [0.5, 0.6) is 0 Å². The van der Waals surface area contributed by atoms with Crippen LogP contribution in [0, 0.1) is 6.92 Å². The number of anilines is 1. The molecular weight excluding hydrogens is 447 g/mol. The number of nitrogens with zero attached hydrogens (tertiary/aromatic N) is 6. The largest absolute Gasteiger partial charge is 0.416 e. The van der Waals surface area contributed by atoms with Gasteiger partial charge < -0.3 is 4.57 Å². The average molecular weight is 467 g/mol. The van der Waals surface area contributed by atoms with Crippen LogP contribution in [-0.2, 0) is 32.6 Å². The van der Waals surface area contributed by atoms with Crippen molar-refractivity contribution >= 4 is 11.7 Å². The Kier molecular flexibility index (Phi) is 5.18. The van der Waals surface area contributed by atoms with Crippen molar-refractivity contribution in [3.8, 4) is 11.4 Å². The number of fused-ring (bicyclic) bond motifs is 1. The predicted molar refractivity (Wildman–Crippen MR) is 117 cm³/mol. The van der Waals surface area contributed by atoms with Crippen LogP contribution in [0.3, 0.4) is 0 Å². The summed E-state index contributed by atoms with van der Waals surface area (Å²) in [5.74, 6) is 0.557. The third-order valence-corrected chi connectivity index (χ3v) is 5.94. The van der Waals surface area contributed by atoms with Crippen LogP contribution in [0.4, 0.5) is 19.0 Å². The maximum atomic E-state index is 13.6. The molecule has 4 aromatic rings. The lowest BCUT2D eigenvalue weighted by molar-refractivity contribution is -0.138. The monoisotopic (exact) mass is 467 g/mol. The molecule has 0 fully saturated rings. The van der Waals surface area contributed by atoms with Gasteiger partial charge in [-0.1, -0.05) is 6.07 Å². The van der Waals surface area contributed by atoms with Crippen molar-refractivity contribution in [2.45, 2.75) is 32.5 Å². The summed E-state index contributed by atoms with van der Waals surface area (Å²) in [7, 11) is 1.85. The van der Waals surface area contributed by atoms with Gasteiger partial charge in [-0.3, -0.25) is 14.8 Å². The molecule has 0 unspecified atom stereocenters. The Morgan fingerprint density at radius 3 is 2.68 bits per heavy atom. The first-order chi connectivity index (χ1) is 16.2. The van der Waals surface area contributed by atoms with Gasteiger partial charge in [-0.2, -0.15) is 18.3 Å². The molecule has 1 aliphatic rings. The van der Waals surface area contributed by atoms with Gasteiger partial charge in [0.05, 0.1) is 17.8 Å². The van der Waals surface area contributed by atoms with Crippen LogP contribution >= 0.6 is 0 Å². The number of amides is 1. The summed E-state index contributed by atoms with van der Waals surface area (Å²) in [6.45, 7) is 1.67. The lowest BCUT2D eigenvalue weighted by Crippen LogP contribution is -2.24. The molecule has 0 radical (unpaired) electrons. The van der Waals surface area contributed by atoms with Crippen molar-refractivity contribution in [1.82, 2.24) is 29.9 Å². The molecular formula is C23H20F3N7O. The van der Waals surface area contributed by atoms with Crippen molar-refractivity contribution in [3.63, 3.8) is 0 Å². The van der Waals surface area contributed by atoms with E-state index in [0.717, 1.165) is 23.0 Å². The van der Waals surface area contributed by atoms with Crippen molar-refractivity contribution in [1.29, 1.82) is 0 Å². The van der Waals surface area contributed by atoms with E-state index in [2.05, 4.69) is 25.4 Å². The van der Waals surface area contributed by atoms with Crippen LogP contribution < -0.4 is 4.90 Å². The number of aryl methyl sites for hydroxylation is 4. The van der Waals surface area contributed by atoms with Crippen molar-refractivity contribution in [3.05, 3.63) is 76.5 Å². The summed E-state index contributed by atoms with van der Waals surface area (Å²) in [6, 6.07) is 7.28. The lowest BCUT2D eigenvalue weighted by Gasteiger charge is -2.18. The van der Waals surface area contributed by atoms with Crippen LogP contribution in [0.25, 0.3) is 11.4 Å². The summed E-state index contributed by atoms with van der Waals surface area (Å²) < 4.78 is 42.5. The fourth-order valence-electron chi connectivity index (χ4n) is 4.16. The van der Waals surface area contributed by atoms with E-state index in [1.54, 1.807) is 18.6 Å². The molecule has 1 N–H and O–H groups in total. The summed E-state index contributed by atoms with van der Waals surface area (Å²) in [4.78, 5) is 19.0. The predicted octanol–water partition coefficient (Wildman–Crippen LogP) is 3.87. The minimum atomic E-state index is -4.55. The molecule has 1 aliphatic heterocycles. The molecule has 3 aromatic heterocycles. The second-order valence-corrected chi connectivity index (χ2v) is 8.21. The Bertz CT molecular complexity index is 1390. The molecule has 0 aliphatic carbocycles. The lowest BCUT2D eigenvalue weighted by atomic mass is 10.0. The SMILES string of the molecule is Cc1c[nH]nc1-c1cc(CCc2nncn2C)cc(N2Cc3c(cccc3C(F)(F)F)C2=O)n1. The molecule has 34 heavy (non-hydrogen) atoms. The van der Waals surface area contributed by atoms with E-state index < -0.39 is 17.6 Å². The molecule has 0 spiro atoms. The highest BCUT2D eigenvalue weighted by Crippen LogP contribution is 2.38. The van der Waals surface area contributed by atoms with Gasteiger partial charge in [-0.25, -0.2) is 4.98 Å². The fourth-order valence-corrected chi connectivity index (χ4v) is 4.16. The standard InChI is InChI=1S/C23H20F3N7O/c1-13-10-27-31-21(13)18-8-14(6-7-19-30-28-12-32(19)2)9-20(29-18)33-11-16-15(22(33)34)4-3-5-17(16)23(24,25)26/h3-5,8-10,12H,6-7,11H2,1-2H3,(H,27,31). The first kappa shape index (κ1) is 21.8. The maximum absolute atomic E-state index is 13.6. The van der Waals surface area contributed by atoms with E-state index in [0.29, 0.717) is 24.2 Å². The highest BCUT2D eigenvalue weighted by atomic mass is 19.4. The molecule has 0 saturated carbocycles. The summed E-state index contributed by atoms with van der Waals surface area (Å²) in [5.41, 5.74) is 2.06. The summed E-state index contributed by atoms with van der Waals surface area (Å²) in [6.07, 6.45) is -0.0451. The van der Waals surface area contributed by atoms with Gasteiger partial charge in [0, 0.05) is 25.2 Å². The van der Waals surface area contributed by atoms with Gasteiger partial charge in [0.1, 0.15) is 23.7 Å². The number of hydrogen-bond acceptors (Lipinski definition) is 5. The van der Waals surface area contributed by atoms with Gasteiger partial charge in [0.2, 0.25) is 0 Å². The number of alkyl halides is 3. The Labute approximate surface area is 192 Å². The molecule has 174 valence electrons. The van der Waals surface area contributed by atoms with Gasteiger partial charge in [-0.15, -0.1) is 10.2 Å². The number of halogens is 3. The van der Waals surface area contributed by atoms with Gasteiger partial charge in [0.15, 0.2) is 0 Å². The second-order valence-electron chi connectivity index (χ2n) is 8.21.